The van der Waals surface area contributed by atoms with Crippen LogP contribution in [0.15, 0.2) is 31.5 Å². The van der Waals surface area contributed by atoms with E-state index in [1.54, 1.807) is 0 Å². The second-order valence-corrected chi connectivity index (χ2v) is 12.7. The first-order valence-corrected chi connectivity index (χ1v) is 11.0. The van der Waals surface area contributed by atoms with E-state index in [4.69, 9.17) is 4.74 Å². The molecule has 2 rings (SSSR count). The predicted octanol–water partition coefficient (Wildman–Crippen LogP) is 3.80. The quantitative estimate of drug-likeness (QED) is 0.409. The molecule has 18 heavy (non-hydrogen) atoms. The molecule has 1 aliphatic heterocycles. The summed E-state index contributed by atoms with van der Waals surface area (Å²) in [6.07, 6.45) is 5.22. The molecule has 98 valence electrons. The lowest BCUT2D eigenvalue weighted by Gasteiger charge is -2.15. The van der Waals surface area contributed by atoms with Gasteiger partial charge in [0.25, 0.3) is 0 Å². The third kappa shape index (κ3) is 3.86. The third-order valence-electron chi connectivity index (χ3n) is 2.92. The molecule has 0 N–H and O–H groups in total. The molecule has 5 heteroatoms. The van der Waals surface area contributed by atoms with Crippen LogP contribution in [0.3, 0.4) is 0 Å². The average Bonchev–Trinajstić information content (AvgIpc) is 2.66. The summed E-state index contributed by atoms with van der Waals surface area (Å²) in [5.41, 5.74) is 3.25. The second-order valence-electron chi connectivity index (χ2n) is 5.81. The summed E-state index contributed by atoms with van der Waals surface area (Å²) < 4.78 is 7.01. The highest BCUT2D eigenvalue weighted by Gasteiger charge is 2.22. The molecule has 0 bridgehead atoms. The van der Waals surface area contributed by atoms with Crippen molar-refractivity contribution in [1.29, 1.82) is 0 Å². The van der Waals surface area contributed by atoms with E-state index in [9.17, 15) is 0 Å². The van der Waals surface area contributed by atoms with Gasteiger partial charge in [-0.2, -0.15) is 10.2 Å². The first-order chi connectivity index (χ1) is 8.46. The number of hydrogen-bond acceptors (Lipinski definition) is 3. The summed E-state index contributed by atoms with van der Waals surface area (Å²) in [6.45, 7) is 8.52. The van der Waals surface area contributed by atoms with Crippen LogP contribution >= 0.6 is 22.6 Å². The molecule has 0 saturated heterocycles. The summed E-state index contributed by atoms with van der Waals surface area (Å²) in [5.74, 6) is 0. The average molecular weight is 374 g/mol. The van der Waals surface area contributed by atoms with Crippen LogP contribution in [0.25, 0.3) is 0 Å². The van der Waals surface area contributed by atoms with Crippen LogP contribution in [0.4, 0.5) is 0 Å². The molecular formula is C13H19IN2OSi. The molecule has 0 atom stereocenters. The lowest BCUT2D eigenvalue weighted by molar-refractivity contribution is 0.186. The van der Waals surface area contributed by atoms with Crippen molar-refractivity contribution in [2.24, 2.45) is 10.2 Å². The van der Waals surface area contributed by atoms with Gasteiger partial charge in [0.2, 0.25) is 0 Å². The number of allylic oxidation sites excluding steroid dienone is 3. The smallest absolute Gasteiger partial charge is 0.0979 e. The fourth-order valence-electron chi connectivity index (χ4n) is 1.76. The zero-order valence-corrected chi connectivity index (χ0v) is 14.3. The van der Waals surface area contributed by atoms with Gasteiger partial charge < -0.3 is 4.74 Å². The van der Waals surface area contributed by atoms with Crippen LogP contribution < -0.4 is 0 Å². The number of ether oxygens (including phenoxy) is 1. The SMILES string of the molecule is C[Si](C)(C)CCOCC1=NN=C2CC=C(I)C=C21. The molecule has 2 aliphatic rings. The molecule has 0 saturated carbocycles. The number of nitrogens with zero attached hydrogens (tertiary/aromatic N) is 2. The first kappa shape index (κ1) is 14.1. The number of rotatable bonds is 5. The number of halogens is 1. The Labute approximate surface area is 123 Å². The molecular weight excluding hydrogens is 355 g/mol. The standard InChI is InChI=1S/C13H19IN2OSi/c1-18(2,3)7-6-17-9-13-11-8-10(14)4-5-12(11)15-16-13/h4,8H,5-7,9H2,1-3H3. The van der Waals surface area contributed by atoms with Crippen LogP contribution in [0.2, 0.25) is 25.7 Å². The summed E-state index contributed by atoms with van der Waals surface area (Å²) in [5, 5.41) is 8.45. The van der Waals surface area contributed by atoms with Crippen molar-refractivity contribution in [2.45, 2.75) is 32.1 Å². The summed E-state index contributed by atoms with van der Waals surface area (Å²) in [6, 6.07) is 1.20. The van der Waals surface area contributed by atoms with Crippen molar-refractivity contribution >= 4 is 42.1 Å². The Morgan fingerprint density at radius 3 is 2.83 bits per heavy atom. The van der Waals surface area contributed by atoms with E-state index in [2.05, 4.69) is 64.6 Å². The molecule has 0 fully saturated rings. The Morgan fingerprint density at radius 1 is 1.33 bits per heavy atom. The van der Waals surface area contributed by atoms with Crippen molar-refractivity contribution in [3.8, 4) is 0 Å². The lowest BCUT2D eigenvalue weighted by atomic mass is 9.99. The Hall–Kier alpha value is -0.273. The van der Waals surface area contributed by atoms with Crippen LogP contribution in [0.5, 0.6) is 0 Å². The van der Waals surface area contributed by atoms with E-state index in [-0.39, 0.29) is 0 Å². The largest absolute Gasteiger partial charge is 0.375 e. The van der Waals surface area contributed by atoms with E-state index in [1.807, 2.05) is 0 Å². The van der Waals surface area contributed by atoms with E-state index in [1.165, 1.54) is 15.2 Å². The van der Waals surface area contributed by atoms with E-state index in [0.29, 0.717) is 6.61 Å². The van der Waals surface area contributed by atoms with Crippen molar-refractivity contribution in [2.75, 3.05) is 13.2 Å². The van der Waals surface area contributed by atoms with Crippen molar-refractivity contribution in [3.63, 3.8) is 0 Å². The van der Waals surface area contributed by atoms with E-state index >= 15 is 0 Å². The van der Waals surface area contributed by atoms with Crippen LogP contribution in [0, 0.1) is 0 Å². The molecule has 0 spiro atoms. The molecule has 0 aromatic rings. The van der Waals surface area contributed by atoms with Crippen LogP contribution in [-0.4, -0.2) is 32.7 Å². The van der Waals surface area contributed by atoms with Gasteiger partial charge in [0, 0.05) is 30.3 Å². The van der Waals surface area contributed by atoms with Gasteiger partial charge in [-0.1, -0.05) is 25.7 Å². The topological polar surface area (TPSA) is 34.0 Å². The maximum Gasteiger partial charge on any atom is 0.0979 e. The zero-order chi connectivity index (χ0) is 13.2. The summed E-state index contributed by atoms with van der Waals surface area (Å²) in [7, 11) is -0.998. The number of hydrogen-bond donors (Lipinski definition) is 0. The third-order valence-corrected chi connectivity index (χ3v) is 5.38. The first-order valence-electron chi connectivity index (χ1n) is 6.25. The maximum absolute atomic E-state index is 5.75. The van der Waals surface area contributed by atoms with Crippen molar-refractivity contribution in [3.05, 3.63) is 21.3 Å². The Bertz CT molecular complexity index is 458. The minimum atomic E-state index is -0.998. The highest BCUT2D eigenvalue weighted by molar-refractivity contribution is 14.1. The molecule has 0 aromatic carbocycles. The highest BCUT2D eigenvalue weighted by atomic mass is 127. The van der Waals surface area contributed by atoms with Crippen molar-refractivity contribution in [1.82, 2.24) is 0 Å². The monoisotopic (exact) mass is 374 g/mol. The fourth-order valence-corrected chi connectivity index (χ4v) is 3.05. The van der Waals surface area contributed by atoms with Gasteiger partial charge in [0.15, 0.2) is 0 Å². The molecule has 3 nitrogen and oxygen atoms in total. The van der Waals surface area contributed by atoms with Gasteiger partial charge in [-0.3, -0.25) is 0 Å². The Balaban J connectivity index is 1.84. The van der Waals surface area contributed by atoms with E-state index in [0.717, 1.165) is 24.5 Å². The molecule has 0 radical (unpaired) electrons. The molecule has 0 amide bonds. The summed E-state index contributed by atoms with van der Waals surface area (Å²) in [4.78, 5) is 0. The van der Waals surface area contributed by atoms with Crippen LogP contribution in [-0.2, 0) is 4.74 Å². The second kappa shape index (κ2) is 5.79. The molecule has 0 unspecified atom stereocenters. The van der Waals surface area contributed by atoms with E-state index < -0.39 is 8.07 Å². The Morgan fingerprint density at radius 2 is 2.11 bits per heavy atom. The fraction of sp³-hybridized carbons (Fsp3) is 0.538. The van der Waals surface area contributed by atoms with Crippen molar-refractivity contribution < 1.29 is 4.74 Å². The minimum Gasteiger partial charge on any atom is -0.375 e. The Kier molecular flexibility index (Phi) is 4.55. The maximum atomic E-state index is 5.75. The summed E-state index contributed by atoms with van der Waals surface area (Å²) >= 11 is 2.34. The highest BCUT2D eigenvalue weighted by Crippen LogP contribution is 2.24. The van der Waals surface area contributed by atoms with Gasteiger partial charge in [0.1, 0.15) is 0 Å². The minimum absolute atomic E-state index is 0.591. The normalized spacial score (nSPS) is 18.9. The van der Waals surface area contributed by atoms with Gasteiger partial charge in [-0.25, -0.2) is 0 Å². The predicted molar refractivity (Wildman–Crippen MR) is 88.6 cm³/mol. The lowest BCUT2D eigenvalue weighted by Crippen LogP contribution is -2.23. The van der Waals surface area contributed by atoms with Crippen LogP contribution in [0.1, 0.15) is 6.42 Å². The molecule has 1 heterocycles. The van der Waals surface area contributed by atoms with Gasteiger partial charge >= 0.3 is 0 Å². The molecule has 0 aromatic heterocycles. The van der Waals surface area contributed by atoms with Gasteiger partial charge in [-0.05, 0) is 34.7 Å². The zero-order valence-electron chi connectivity index (χ0n) is 11.2. The van der Waals surface area contributed by atoms with Gasteiger partial charge in [0.05, 0.1) is 18.0 Å². The van der Waals surface area contributed by atoms with Gasteiger partial charge in [-0.15, -0.1) is 0 Å². The molecule has 1 aliphatic carbocycles. The number of fused-ring (bicyclic) bond motifs is 1.